The van der Waals surface area contributed by atoms with Crippen molar-refractivity contribution in [1.29, 1.82) is 0 Å². The van der Waals surface area contributed by atoms with Gasteiger partial charge in [-0.2, -0.15) is 0 Å². The molecule has 2 N–H and O–H groups in total. The van der Waals surface area contributed by atoms with Gasteiger partial charge in [0, 0.05) is 38.0 Å². The van der Waals surface area contributed by atoms with Crippen molar-refractivity contribution in [1.82, 2.24) is 20.1 Å². The number of carbonyl (C=O) groups is 3. The summed E-state index contributed by atoms with van der Waals surface area (Å²) >= 11 is 0. The summed E-state index contributed by atoms with van der Waals surface area (Å²) in [5, 5.41) is 3.05. The number of H-pyrrole nitrogens is 1. The van der Waals surface area contributed by atoms with Crippen molar-refractivity contribution >= 4 is 17.7 Å². The minimum Gasteiger partial charge on any atom is -0.493 e. The van der Waals surface area contributed by atoms with Gasteiger partial charge in [-0.25, -0.2) is 0 Å². The number of ether oxygens (including phenoxy) is 3. The Morgan fingerprint density at radius 1 is 1.10 bits per heavy atom. The lowest BCUT2D eigenvalue weighted by Gasteiger charge is -2.38. The van der Waals surface area contributed by atoms with Crippen molar-refractivity contribution in [2.45, 2.75) is 39.0 Å². The van der Waals surface area contributed by atoms with Gasteiger partial charge in [0.1, 0.15) is 22.9 Å². The number of amides is 3. The number of aromatic amines is 1. The number of likely N-dealkylation sites (N-methyl/N-ethyl adjacent to an activating group) is 1. The van der Waals surface area contributed by atoms with E-state index >= 15 is 0 Å². The van der Waals surface area contributed by atoms with E-state index in [-0.39, 0.29) is 36.9 Å². The number of likely N-dealkylation sites (tertiary alicyclic amines) is 1. The predicted molar refractivity (Wildman–Crippen MR) is 152 cm³/mol. The molecule has 4 bridgehead atoms. The second-order valence-corrected chi connectivity index (χ2v) is 11.0. The van der Waals surface area contributed by atoms with Crippen molar-refractivity contribution in [3.63, 3.8) is 0 Å². The van der Waals surface area contributed by atoms with Gasteiger partial charge < -0.3 is 34.3 Å². The largest absolute Gasteiger partial charge is 0.493 e. The van der Waals surface area contributed by atoms with Crippen molar-refractivity contribution in [2.24, 2.45) is 5.92 Å². The van der Waals surface area contributed by atoms with Crippen LogP contribution in [0.2, 0.25) is 0 Å². The summed E-state index contributed by atoms with van der Waals surface area (Å²) in [4.78, 5) is 45.6. The van der Waals surface area contributed by atoms with E-state index in [1.165, 1.54) is 4.90 Å². The van der Waals surface area contributed by atoms with Gasteiger partial charge >= 0.3 is 0 Å². The number of piperidine rings is 1. The van der Waals surface area contributed by atoms with Crippen LogP contribution in [-0.4, -0.2) is 77.9 Å². The van der Waals surface area contributed by atoms with Gasteiger partial charge in [0.25, 0.3) is 11.8 Å². The first-order chi connectivity index (χ1) is 19.7. The van der Waals surface area contributed by atoms with E-state index in [1.807, 2.05) is 38.1 Å². The molecule has 1 saturated heterocycles. The van der Waals surface area contributed by atoms with Crippen LogP contribution in [0, 0.1) is 5.92 Å². The monoisotopic (exact) mass is 560 g/mol. The molecular formula is C31H36N4O6. The molecule has 3 heterocycles. The number of nitrogens with one attached hydrogen (secondary N) is 2. The summed E-state index contributed by atoms with van der Waals surface area (Å²) in [6, 6.07) is 15.8. The molecule has 0 radical (unpaired) electrons. The fraction of sp³-hybridized carbons (Fsp3) is 0.387. The second-order valence-electron chi connectivity index (χ2n) is 11.0. The number of benzene rings is 2. The number of carbonyl (C=O) groups excluding carboxylic acids is 3. The number of hydrogen-bond donors (Lipinski definition) is 2. The third kappa shape index (κ3) is 7.07. The standard InChI is InChI=1S/C31H36N4O6/c1-20(2)18-39-24-13-22-14-25(15-24)41-23-7-4-6-21(12-23)19-40-28-16-35(31(38)27-8-5-10-32-27)11-9-26(28)33-29(36)17-34(3)30(22)37/h4-8,10,12-15,20,26,28,32H,9,11,16-19H2,1-3H3,(H,33,36)/t26-,28-/m0/s1. The molecule has 1 aromatic heterocycles. The summed E-state index contributed by atoms with van der Waals surface area (Å²) in [7, 11) is 1.59. The molecule has 2 atom stereocenters. The van der Waals surface area contributed by atoms with Gasteiger partial charge in [0.05, 0.1) is 31.9 Å². The van der Waals surface area contributed by atoms with Crippen LogP contribution < -0.4 is 14.8 Å². The van der Waals surface area contributed by atoms with E-state index in [2.05, 4.69) is 10.3 Å². The molecule has 3 amide bonds. The smallest absolute Gasteiger partial charge is 0.270 e. The Hall–Kier alpha value is -4.31. The number of rotatable bonds is 4. The average Bonchev–Trinajstić information content (AvgIpc) is 3.49. The van der Waals surface area contributed by atoms with E-state index in [0.717, 1.165) is 5.56 Å². The van der Waals surface area contributed by atoms with Gasteiger partial charge in [0.2, 0.25) is 5.91 Å². The van der Waals surface area contributed by atoms with Crippen LogP contribution in [0.4, 0.5) is 0 Å². The second kappa shape index (κ2) is 12.5. The number of nitrogens with zero attached hydrogens (tertiary/aromatic N) is 2. The third-order valence-corrected chi connectivity index (χ3v) is 7.06. The molecule has 2 aliphatic rings. The van der Waals surface area contributed by atoms with E-state index in [0.29, 0.717) is 60.5 Å². The van der Waals surface area contributed by atoms with Crippen LogP contribution in [0.3, 0.4) is 0 Å². The van der Waals surface area contributed by atoms with Crippen molar-refractivity contribution < 1.29 is 28.6 Å². The van der Waals surface area contributed by atoms with Crippen LogP contribution in [0.15, 0.2) is 60.8 Å². The van der Waals surface area contributed by atoms with Gasteiger partial charge in [0.15, 0.2) is 0 Å². The van der Waals surface area contributed by atoms with Gasteiger partial charge in [-0.15, -0.1) is 0 Å². The molecule has 0 spiro atoms. The molecule has 10 heteroatoms. The average molecular weight is 561 g/mol. The lowest BCUT2D eigenvalue weighted by molar-refractivity contribution is -0.124. The molecule has 5 rings (SSSR count). The number of hydrogen-bond acceptors (Lipinski definition) is 6. The highest BCUT2D eigenvalue weighted by Gasteiger charge is 2.34. The highest BCUT2D eigenvalue weighted by molar-refractivity contribution is 5.97. The van der Waals surface area contributed by atoms with E-state index in [4.69, 9.17) is 14.2 Å². The highest BCUT2D eigenvalue weighted by atomic mass is 16.5. The zero-order valence-corrected chi connectivity index (χ0v) is 23.6. The lowest BCUT2D eigenvalue weighted by Crippen LogP contribution is -2.57. The fourth-order valence-electron chi connectivity index (χ4n) is 4.97. The van der Waals surface area contributed by atoms with Crippen LogP contribution in [0.5, 0.6) is 17.2 Å². The normalized spacial score (nSPS) is 19.8. The molecular weight excluding hydrogens is 524 g/mol. The Balaban J connectivity index is 1.42. The Kier molecular flexibility index (Phi) is 8.58. The lowest BCUT2D eigenvalue weighted by atomic mass is 10.0. The molecule has 0 aliphatic carbocycles. The topological polar surface area (TPSA) is 113 Å². The van der Waals surface area contributed by atoms with Crippen molar-refractivity contribution in [3.05, 3.63) is 77.6 Å². The van der Waals surface area contributed by atoms with Crippen molar-refractivity contribution in [2.75, 3.05) is 33.3 Å². The summed E-state index contributed by atoms with van der Waals surface area (Å²) < 4.78 is 18.4. The zero-order valence-electron chi connectivity index (χ0n) is 23.6. The highest BCUT2D eigenvalue weighted by Crippen LogP contribution is 2.29. The molecule has 2 aliphatic heterocycles. The first-order valence-corrected chi connectivity index (χ1v) is 13.9. The predicted octanol–water partition coefficient (Wildman–Crippen LogP) is 3.84. The first kappa shape index (κ1) is 28.2. The number of fused-ring (bicyclic) bond motifs is 5. The maximum atomic E-state index is 13.4. The Morgan fingerprint density at radius 3 is 2.73 bits per heavy atom. The van der Waals surface area contributed by atoms with E-state index in [9.17, 15) is 14.4 Å². The third-order valence-electron chi connectivity index (χ3n) is 7.06. The first-order valence-electron chi connectivity index (χ1n) is 13.9. The van der Waals surface area contributed by atoms with Gasteiger partial charge in [-0.1, -0.05) is 26.0 Å². The van der Waals surface area contributed by atoms with E-state index < -0.39 is 6.10 Å². The maximum Gasteiger partial charge on any atom is 0.270 e. The molecule has 3 aromatic rings. The Bertz CT molecular complexity index is 1390. The maximum absolute atomic E-state index is 13.4. The summed E-state index contributed by atoms with van der Waals surface area (Å²) in [5.41, 5.74) is 1.74. The Morgan fingerprint density at radius 2 is 1.95 bits per heavy atom. The minimum absolute atomic E-state index is 0.117. The molecule has 1 fully saturated rings. The van der Waals surface area contributed by atoms with Crippen LogP contribution >= 0.6 is 0 Å². The molecule has 10 nitrogen and oxygen atoms in total. The quantitative estimate of drug-likeness (QED) is 0.501. The zero-order chi connectivity index (χ0) is 28.9. The SMILES string of the molecule is CC(C)COc1cc2cc(c1)C(=O)N(C)CC(=O)N[C@H]1CCN(C(=O)c3ccc[nH]3)C[C@@H]1OCc1cccc(c1)O2. The minimum atomic E-state index is -0.446. The Labute approximate surface area is 239 Å². The van der Waals surface area contributed by atoms with Crippen LogP contribution in [0.1, 0.15) is 46.7 Å². The molecule has 0 saturated carbocycles. The molecule has 41 heavy (non-hydrogen) atoms. The van der Waals surface area contributed by atoms with Crippen molar-refractivity contribution in [3.8, 4) is 17.2 Å². The van der Waals surface area contributed by atoms with Gasteiger partial charge in [-0.3, -0.25) is 14.4 Å². The summed E-state index contributed by atoms with van der Waals surface area (Å²) in [6.45, 7) is 5.48. The summed E-state index contributed by atoms with van der Waals surface area (Å²) in [5.74, 6) is 1.10. The fourth-order valence-corrected chi connectivity index (χ4v) is 4.97. The van der Waals surface area contributed by atoms with Crippen LogP contribution in [-0.2, 0) is 16.1 Å². The van der Waals surface area contributed by atoms with E-state index in [1.54, 1.807) is 48.5 Å². The molecule has 0 unspecified atom stereocenters. The summed E-state index contributed by atoms with van der Waals surface area (Å²) in [6.07, 6.45) is 1.78. The molecule has 216 valence electrons. The molecule has 2 aromatic carbocycles. The van der Waals surface area contributed by atoms with Gasteiger partial charge in [-0.05, 0) is 54.3 Å². The number of aromatic nitrogens is 1. The van der Waals surface area contributed by atoms with Crippen LogP contribution in [0.25, 0.3) is 0 Å².